The van der Waals surface area contributed by atoms with E-state index in [1.165, 1.54) is 12.3 Å². The molecule has 1 unspecified atom stereocenters. The number of Topliss-reactive ketones (excluding diaryl/α,β-unsaturated/α-hetero) is 1. The zero-order valence-corrected chi connectivity index (χ0v) is 17.0. The number of nitrogens with zero attached hydrogens (tertiary/aromatic N) is 2. The fourth-order valence-electron chi connectivity index (χ4n) is 3.86. The molecule has 2 aromatic heterocycles. The van der Waals surface area contributed by atoms with Crippen LogP contribution in [-0.4, -0.2) is 45.9 Å². The van der Waals surface area contributed by atoms with Gasteiger partial charge in [0, 0.05) is 42.5 Å². The van der Waals surface area contributed by atoms with E-state index in [1.807, 2.05) is 32.0 Å². The molecule has 0 radical (unpaired) electrons. The summed E-state index contributed by atoms with van der Waals surface area (Å²) >= 11 is 0. The summed E-state index contributed by atoms with van der Waals surface area (Å²) in [5.74, 6) is -0.338. The summed E-state index contributed by atoms with van der Waals surface area (Å²) in [6, 6.07) is 9.20. The number of amides is 1. The summed E-state index contributed by atoms with van der Waals surface area (Å²) in [7, 11) is 0. The van der Waals surface area contributed by atoms with E-state index in [2.05, 4.69) is 16.0 Å². The van der Waals surface area contributed by atoms with Crippen molar-refractivity contribution >= 4 is 22.8 Å². The van der Waals surface area contributed by atoms with E-state index in [0.717, 1.165) is 29.1 Å². The molecule has 1 N–H and O–H groups in total. The first kappa shape index (κ1) is 20.1. The molecule has 0 bridgehead atoms. The largest absolute Gasteiger partial charge is 0.447 e. The number of fused-ring (bicyclic) bond motifs is 1. The highest BCUT2D eigenvalue weighted by atomic mass is 19.1. The normalized spacial score (nSPS) is 16.4. The SMILES string of the molecule is CC(C)OC(=O)N1CCC(c2ccc3[nH]c(C(=O)Cc4cncc(F)c4)cc3c2)C1. The van der Waals surface area contributed by atoms with Crippen LogP contribution < -0.4 is 0 Å². The molecular formula is C23H24FN3O3. The summed E-state index contributed by atoms with van der Waals surface area (Å²) in [5, 5.41) is 0.941. The lowest BCUT2D eigenvalue weighted by Crippen LogP contribution is -2.30. The van der Waals surface area contributed by atoms with Gasteiger partial charge in [0.25, 0.3) is 0 Å². The minimum Gasteiger partial charge on any atom is -0.447 e. The van der Waals surface area contributed by atoms with Gasteiger partial charge in [0.1, 0.15) is 5.82 Å². The third kappa shape index (κ3) is 4.35. The maximum Gasteiger partial charge on any atom is 0.410 e. The Labute approximate surface area is 174 Å². The highest BCUT2D eigenvalue weighted by molar-refractivity contribution is 6.00. The second-order valence-corrected chi connectivity index (χ2v) is 8.01. The van der Waals surface area contributed by atoms with Gasteiger partial charge in [0.2, 0.25) is 0 Å². The average molecular weight is 409 g/mol. The van der Waals surface area contributed by atoms with Gasteiger partial charge >= 0.3 is 6.09 Å². The van der Waals surface area contributed by atoms with Crippen LogP contribution in [0.1, 0.15) is 47.8 Å². The molecule has 1 fully saturated rings. The fourth-order valence-corrected chi connectivity index (χ4v) is 3.86. The molecule has 4 rings (SSSR count). The standard InChI is InChI=1S/C23H24FN3O3/c1-14(2)30-23(29)27-6-5-17(13-27)16-3-4-20-18(9-16)10-21(26-20)22(28)8-15-7-19(24)12-25-11-15/h3-4,7,9-12,14,17,26H,5-6,8,13H2,1-2H3. The smallest absolute Gasteiger partial charge is 0.410 e. The van der Waals surface area contributed by atoms with E-state index in [9.17, 15) is 14.0 Å². The Morgan fingerprint density at radius 1 is 1.27 bits per heavy atom. The topological polar surface area (TPSA) is 75.3 Å². The zero-order valence-electron chi connectivity index (χ0n) is 17.0. The number of halogens is 1. The molecule has 7 heteroatoms. The van der Waals surface area contributed by atoms with Crippen molar-refractivity contribution in [3.63, 3.8) is 0 Å². The van der Waals surface area contributed by atoms with Crippen molar-refractivity contribution in [2.45, 2.75) is 38.7 Å². The van der Waals surface area contributed by atoms with Crippen molar-refractivity contribution < 1.29 is 18.7 Å². The van der Waals surface area contributed by atoms with Crippen molar-refractivity contribution in [3.05, 3.63) is 65.4 Å². The van der Waals surface area contributed by atoms with Crippen LogP contribution in [0.15, 0.2) is 42.7 Å². The molecule has 1 aliphatic rings. The summed E-state index contributed by atoms with van der Waals surface area (Å²) in [6.07, 6.45) is 3.17. The summed E-state index contributed by atoms with van der Waals surface area (Å²) in [6.45, 7) is 4.98. The van der Waals surface area contributed by atoms with Crippen LogP contribution in [0.4, 0.5) is 9.18 Å². The number of nitrogens with one attached hydrogen (secondary N) is 1. The van der Waals surface area contributed by atoms with Gasteiger partial charge in [-0.15, -0.1) is 0 Å². The van der Waals surface area contributed by atoms with Crippen molar-refractivity contribution in [1.29, 1.82) is 0 Å². The lowest BCUT2D eigenvalue weighted by molar-refractivity contribution is 0.0832. The Morgan fingerprint density at radius 2 is 2.10 bits per heavy atom. The number of hydrogen-bond donors (Lipinski definition) is 1. The predicted molar refractivity (Wildman–Crippen MR) is 111 cm³/mol. The van der Waals surface area contributed by atoms with E-state index < -0.39 is 5.82 Å². The van der Waals surface area contributed by atoms with Crippen LogP contribution in [0.3, 0.4) is 0 Å². The number of ether oxygens (including phenoxy) is 1. The number of carbonyl (C=O) groups excluding carboxylic acids is 2. The Bertz CT molecular complexity index is 1090. The molecule has 1 amide bonds. The Hall–Kier alpha value is -3.22. The second kappa shape index (κ2) is 8.26. The van der Waals surface area contributed by atoms with Crippen LogP contribution in [0.25, 0.3) is 10.9 Å². The molecule has 30 heavy (non-hydrogen) atoms. The maximum absolute atomic E-state index is 13.3. The molecule has 1 atom stereocenters. The second-order valence-electron chi connectivity index (χ2n) is 8.01. The quantitative estimate of drug-likeness (QED) is 0.631. The van der Waals surface area contributed by atoms with E-state index in [1.54, 1.807) is 4.90 Å². The van der Waals surface area contributed by atoms with Crippen LogP contribution in [0.5, 0.6) is 0 Å². The van der Waals surface area contributed by atoms with E-state index >= 15 is 0 Å². The first-order chi connectivity index (χ1) is 14.4. The summed E-state index contributed by atoms with van der Waals surface area (Å²) in [4.78, 5) is 33.4. The number of ketones is 1. The molecule has 0 saturated carbocycles. The van der Waals surface area contributed by atoms with Gasteiger partial charge in [-0.3, -0.25) is 9.78 Å². The van der Waals surface area contributed by atoms with Crippen molar-refractivity contribution in [3.8, 4) is 0 Å². The van der Waals surface area contributed by atoms with Crippen LogP contribution in [0, 0.1) is 5.82 Å². The Balaban J connectivity index is 1.47. The van der Waals surface area contributed by atoms with Gasteiger partial charge in [-0.25, -0.2) is 9.18 Å². The minimum atomic E-state index is -0.454. The number of hydrogen-bond acceptors (Lipinski definition) is 4. The zero-order chi connectivity index (χ0) is 21.3. The number of aromatic nitrogens is 2. The predicted octanol–water partition coefficient (Wildman–Crippen LogP) is 4.46. The molecule has 1 aromatic carbocycles. The van der Waals surface area contributed by atoms with Gasteiger partial charge in [-0.2, -0.15) is 0 Å². The number of aromatic amines is 1. The molecule has 1 aliphatic heterocycles. The van der Waals surface area contributed by atoms with Crippen LogP contribution in [0.2, 0.25) is 0 Å². The van der Waals surface area contributed by atoms with E-state index in [0.29, 0.717) is 24.3 Å². The van der Waals surface area contributed by atoms with E-state index in [4.69, 9.17) is 4.74 Å². The molecule has 0 spiro atoms. The third-order valence-corrected chi connectivity index (χ3v) is 5.33. The van der Waals surface area contributed by atoms with Gasteiger partial charge in [-0.05, 0) is 55.7 Å². The van der Waals surface area contributed by atoms with Gasteiger partial charge < -0.3 is 14.6 Å². The first-order valence-corrected chi connectivity index (χ1v) is 10.1. The van der Waals surface area contributed by atoms with Crippen molar-refractivity contribution in [1.82, 2.24) is 14.9 Å². The first-order valence-electron chi connectivity index (χ1n) is 10.1. The molecular weight excluding hydrogens is 385 g/mol. The molecule has 3 heterocycles. The van der Waals surface area contributed by atoms with Gasteiger partial charge in [0.05, 0.1) is 18.0 Å². The fraction of sp³-hybridized carbons (Fsp3) is 0.348. The monoisotopic (exact) mass is 409 g/mol. The Kier molecular flexibility index (Phi) is 5.53. The highest BCUT2D eigenvalue weighted by Crippen LogP contribution is 2.30. The van der Waals surface area contributed by atoms with Crippen LogP contribution >= 0.6 is 0 Å². The number of H-pyrrole nitrogens is 1. The lowest BCUT2D eigenvalue weighted by Gasteiger charge is -2.18. The maximum atomic E-state index is 13.3. The number of benzene rings is 1. The lowest BCUT2D eigenvalue weighted by atomic mass is 9.97. The number of carbonyl (C=O) groups is 2. The third-order valence-electron chi connectivity index (χ3n) is 5.33. The van der Waals surface area contributed by atoms with Crippen LogP contribution in [-0.2, 0) is 11.2 Å². The van der Waals surface area contributed by atoms with E-state index in [-0.39, 0.29) is 30.3 Å². The summed E-state index contributed by atoms with van der Waals surface area (Å²) in [5.41, 5.74) is 3.03. The van der Waals surface area contributed by atoms with Gasteiger partial charge in [0.15, 0.2) is 5.78 Å². The average Bonchev–Trinajstić information content (AvgIpc) is 3.34. The van der Waals surface area contributed by atoms with Gasteiger partial charge in [-0.1, -0.05) is 6.07 Å². The number of likely N-dealkylation sites (tertiary alicyclic amines) is 1. The Morgan fingerprint density at radius 3 is 2.87 bits per heavy atom. The molecule has 6 nitrogen and oxygen atoms in total. The molecule has 1 saturated heterocycles. The summed E-state index contributed by atoms with van der Waals surface area (Å²) < 4.78 is 18.6. The highest BCUT2D eigenvalue weighted by Gasteiger charge is 2.29. The minimum absolute atomic E-state index is 0.0833. The molecule has 156 valence electrons. The van der Waals surface area contributed by atoms with Crippen molar-refractivity contribution in [2.75, 3.05) is 13.1 Å². The molecule has 0 aliphatic carbocycles. The molecule has 3 aromatic rings. The number of pyridine rings is 1. The van der Waals surface area contributed by atoms with Crippen molar-refractivity contribution in [2.24, 2.45) is 0 Å². The number of rotatable bonds is 5.